The third-order valence-corrected chi connectivity index (χ3v) is 12.5. The van der Waals surface area contributed by atoms with Gasteiger partial charge in [-0.2, -0.15) is 0 Å². The lowest BCUT2D eigenvalue weighted by atomic mass is 9.77. The second-order valence-electron chi connectivity index (χ2n) is 8.66. The number of ether oxygens (including phenoxy) is 1. The van der Waals surface area contributed by atoms with Gasteiger partial charge >= 0.3 is 0 Å². The van der Waals surface area contributed by atoms with Gasteiger partial charge in [0.25, 0.3) is 0 Å². The van der Waals surface area contributed by atoms with Crippen LogP contribution in [0.3, 0.4) is 0 Å². The fraction of sp³-hybridized carbons (Fsp3) is 0.696. The summed E-state index contributed by atoms with van der Waals surface area (Å²) in [5, 5.41) is 1.70. The standard InChI is InChI=1S/C23H36O2Si/c1-25-16-6-3-7-17-26(23-8-4-2-5-9-23)18-14-21(15-19-26)20-10-12-22(24)13-11-20/h2,4-5,8-9,20-21H,3,6-7,10-19H2,1H3. The molecule has 3 rings (SSSR count). The van der Waals surface area contributed by atoms with Crippen LogP contribution >= 0.6 is 0 Å². The van der Waals surface area contributed by atoms with Gasteiger partial charge in [-0.3, -0.25) is 4.79 Å². The molecular weight excluding hydrogens is 336 g/mol. The summed E-state index contributed by atoms with van der Waals surface area (Å²) < 4.78 is 5.22. The van der Waals surface area contributed by atoms with Crippen molar-refractivity contribution in [2.24, 2.45) is 11.8 Å². The molecule has 0 N–H and O–H groups in total. The van der Waals surface area contributed by atoms with E-state index in [0.29, 0.717) is 5.78 Å². The van der Waals surface area contributed by atoms with E-state index in [2.05, 4.69) is 30.3 Å². The first-order chi connectivity index (χ1) is 12.7. The molecule has 0 aromatic heterocycles. The van der Waals surface area contributed by atoms with E-state index in [1.807, 2.05) is 0 Å². The third kappa shape index (κ3) is 5.07. The molecule has 0 bridgehead atoms. The van der Waals surface area contributed by atoms with Crippen molar-refractivity contribution in [3.05, 3.63) is 30.3 Å². The van der Waals surface area contributed by atoms with Gasteiger partial charge in [-0.05, 0) is 31.1 Å². The molecule has 26 heavy (non-hydrogen) atoms. The minimum Gasteiger partial charge on any atom is -0.385 e. The number of carbonyl (C=O) groups excluding carboxylic acids is 1. The Morgan fingerprint density at radius 1 is 0.923 bits per heavy atom. The number of methoxy groups -OCH3 is 1. The van der Waals surface area contributed by atoms with Crippen molar-refractivity contribution < 1.29 is 9.53 Å². The number of Topliss-reactive ketones (excluding diaryl/α,β-unsaturated/α-hetero) is 1. The molecule has 1 aromatic carbocycles. The molecule has 3 heteroatoms. The highest BCUT2D eigenvalue weighted by Crippen LogP contribution is 2.42. The van der Waals surface area contributed by atoms with Crippen molar-refractivity contribution in [3.8, 4) is 0 Å². The number of hydrogen-bond donors (Lipinski definition) is 0. The van der Waals surface area contributed by atoms with Crippen LogP contribution in [0.2, 0.25) is 18.1 Å². The van der Waals surface area contributed by atoms with E-state index in [4.69, 9.17) is 4.74 Å². The lowest BCUT2D eigenvalue weighted by molar-refractivity contribution is -0.121. The maximum Gasteiger partial charge on any atom is 0.132 e. The van der Waals surface area contributed by atoms with Crippen molar-refractivity contribution >= 4 is 19.0 Å². The molecule has 0 spiro atoms. The lowest BCUT2D eigenvalue weighted by Crippen LogP contribution is -2.50. The van der Waals surface area contributed by atoms with Gasteiger partial charge in [0.2, 0.25) is 0 Å². The molecule has 1 saturated carbocycles. The van der Waals surface area contributed by atoms with Crippen LogP contribution < -0.4 is 5.19 Å². The van der Waals surface area contributed by atoms with Gasteiger partial charge in [-0.15, -0.1) is 0 Å². The van der Waals surface area contributed by atoms with Crippen LogP contribution in [0, 0.1) is 11.8 Å². The molecule has 0 unspecified atom stereocenters. The molecule has 0 radical (unpaired) electrons. The van der Waals surface area contributed by atoms with E-state index in [1.54, 1.807) is 12.3 Å². The lowest BCUT2D eigenvalue weighted by Gasteiger charge is -2.42. The van der Waals surface area contributed by atoms with E-state index < -0.39 is 8.07 Å². The zero-order valence-electron chi connectivity index (χ0n) is 16.6. The maximum atomic E-state index is 11.6. The second kappa shape index (κ2) is 9.84. The van der Waals surface area contributed by atoms with Crippen molar-refractivity contribution in [1.29, 1.82) is 0 Å². The Labute approximate surface area is 160 Å². The molecule has 0 amide bonds. The highest BCUT2D eigenvalue weighted by molar-refractivity contribution is 6.92. The summed E-state index contributed by atoms with van der Waals surface area (Å²) in [5.74, 6) is 2.22. The third-order valence-electron chi connectivity index (χ3n) is 7.13. The molecule has 144 valence electrons. The molecule has 2 aliphatic rings. The highest BCUT2D eigenvalue weighted by Gasteiger charge is 2.40. The van der Waals surface area contributed by atoms with Gasteiger partial charge in [-0.25, -0.2) is 0 Å². The Morgan fingerprint density at radius 2 is 1.58 bits per heavy atom. The Morgan fingerprint density at radius 3 is 2.23 bits per heavy atom. The Hall–Kier alpha value is -0.933. The molecule has 1 saturated heterocycles. The molecule has 1 aromatic rings. The zero-order chi connectivity index (χ0) is 18.2. The van der Waals surface area contributed by atoms with Gasteiger partial charge < -0.3 is 4.74 Å². The van der Waals surface area contributed by atoms with Crippen molar-refractivity contribution in [3.63, 3.8) is 0 Å². The summed E-state index contributed by atoms with van der Waals surface area (Å²) in [4.78, 5) is 11.6. The van der Waals surface area contributed by atoms with E-state index in [-0.39, 0.29) is 0 Å². The van der Waals surface area contributed by atoms with Crippen LogP contribution in [-0.2, 0) is 9.53 Å². The Bertz CT molecular complexity index is 539. The largest absolute Gasteiger partial charge is 0.385 e. The number of unbranched alkanes of at least 4 members (excludes halogenated alkanes) is 2. The van der Waals surface area contributed by atoms with Gasteiger partial charge in [0.05, 0.1) is 8.07 Å². The van der Waals surface area contributed by atoms with Crippen LogP contribution in [-0.4, -0.2) is 27.6 Å². The van der Waals surface area contributed by atoms with E-state index >= 15 is 0 Å². The number of benzene rings is 1. The monoisotopic (exact) mass is 372 g/mol. The molecule has 1 aliphatic heterocycles. The first-order valence-corrected chi connectivity index (χ1v) is 13.4. The topological polar surface area (TPSA) is 26.3 Å². The Balaban J connectivity index is 1.60. The van der Waals surface area contributed by atoms with Gasteiger partial charge in [0.1, 0.15) is 5.78 Å². The fourth-order valence-corrected chi connectivity index (χ4v) is 10.7. The van der Waals surface area contributed by atoms with Gasteiger partial charge in [-0.1, -0.05) is 79.3 Å². The summed E-state index contributed by atoms with van der Waals surface area (Å²) in [6.45, 7) is 0.905. The van der Waals surface area contributed by atoms with Crippen molar-refractivity contribution in [2.45, 2.75) is 75.9 Å². The smallest absolute Gasteiger partial charge is 0.132 e. The van der Waals surface area contributed by atoms with Crippen LogP contribution in [0.4, 0.5) is 0 Å². The molecule has 0 atom stereocenters. The molecule has 2 fully saturated rings. The predicted octanol–water partition coefficient (Wildman–Crippen LogP) is 5.33. The summed E-state index contributed by atoms with van der Waals surface area (Å²) in [6.07, 6.45) is 10.7. The minimum absolute atomic E-state index is 0.501. The number of rotatable bonds is 8. The van der Waals surface area contributed by atoms with Crippen LogP contribution in [0.1, 0.15) is 57.8 Å². The van der Waals surface area contributed by atoms with Crippen LogP contribution in [0.5, 0.6) is 0 Å². The van der Waals surface area contributed by atoms with E-state index in [0.717, 1.165) is 31.3 Å². The van der Waals surface area contributed by atoms with Gasteiger partial charge in [0, 0.05) is 26.6 Å². The van der Waals surface area contributed by atoms with Crippen molar-refractivity contribution in [1.82, 2.24) is 0 Å². The van der Waals surface area contributed by atoms with Crippen LogP contribution in [0.25, 0.3) is 0 Å². The zero-order valence-corrected chi connectivity index (χ0v) is 17.6. The van der Waals surface area contributed by atoms with Crippen molar-refractivity contribution in [2.75, 3.05) is 13.7 Å². The van der Waals surface area contributed by atoms with E-state index in [1.165, 1.54) is 63.1 Å². The molecule has 1 aliphatic carbocycles. The average molecular weight is 373 g/mol. The average Bonchev–Trinajstić information content (AvgIpc) is 2.70. The first kappa shape index (κ1) is 19.8. The predicted molar refractivity (Wildman–Crippen MR) is 112 cm³/mol. The number of ketones is 1. The van der Waals surface area contributed by atoms with Crippen LogP contribution in [0.15, 0.2) is 30.3 Å². The number of carbonyl (C=O) groups is 1. The normalized spacial score (nSPS) is 27.6. The SMILES string of the molecule is COCCCCC[Si]1(c2ccccc2)CCC(C2CCC(=O)CC2)CC1. The summed E-state index contributed by atoms with van der Waals surface area (Å²) in [5.41, 5.74) is 0. The molecule has 1 heterocycles. The van der Waals surface area contributed by atoms with Gasteiger partial charge in [0.15, 0.2) is 0 Å². The van der Waals surface area contributed by atoms with E-state index in [9.17, 15) is 4.79 Å². The molecule has 2 nitrogen and oxygen atoms in total. The summed E-state index contributed by atoms with van der Waals surface area (Å²) in [6, 6.07) is 15.9. The first-order valence-electron chi connectivity index (χ1n) is 10.8. The Kier molecular flexibility index (Phi) is 7.50. The fourth-order valence-electron chi connectivity index (χ4n) is 5.46. The molecular formula is C23H36O2Si. The maximum absolute atomic E-state index is 11.6. The highest BCUT2D eigenvalue weighted by atomic mass is 28.3. The quantitative estimate of drug-likeness (QED) is 0.455. The summed E-state index contributed by atoms with van der Waals surface area (Å²) in [7, 11) is 0.460. The second-order valence-corrected chi connectivity index (χ2v) is 13.3. The number of hydrogen-bond acceptors (Lipinski definition) is 2. The minimum atomic E-state index is -1.35. The summed E-state index contributed by atoms with van der Waals surface area (Å²) >= 11 is 0.